The average Bonchev–Trinajstić information content (AvgIpc) is 2.63. The molecular weight excluding hydrogens is 316 g/mol. The lowest BCUT2D eigenvalue weighted by molar-refractivity contribution is -0.130. The lowest BCUT2D eigenvalue weighted by Gasteiger charge is -2.11. The topological polar surface area (TPSA) is 66.8 Å². The third-order valence-electron chi connectivity index (χ3n) is 4.06. The van der Waals surface area contributed by atoms with Crippen LogP contribution in [0.2, 0.25) is 0 Å². The van der Waals surface area contributed by atoms with Crippen molar-refractivity contribution in [2.45, 2.75) is 19.8 Å². The fraction of sp³-hybridized carbons (Fsp3) is 0.286. The van der Waals surface area contributed by atoms with Gasteiger partial charge >= 0.3 is 5.97 Å². The summed E-state index contributed by atoms with van der Waals surface area (Å²) < 4.78 is 5.18. The second-order valence-corrected chi connectivity index (χ2v) is 6.16. The van der Waals surface area contributed by atoms with Crippen LogP contribution in [0.15, 0.2) is 60.7 Å². The molecule has 0 unspecified atom stereocenters. The molecule has 0 spiro atoms. The largest absolute Gasteiger partial charge is 0.423 e. The van der Waals surface area contributed by atoms with Crippen molar-refractivity contribution in [1.29, 1.82) is 0 Å². The number of carbonyl (C=O) groups excluding carboxylic acids is 1. The number of rotatable bonds is 8. The molecule has 0 aliphatic heterocycles. The molecule has 4 nitrogen and oxygen atoms in total. The number of ether oxygens (including phenoxy) is 1. The predicted octanol–water partition coefficient (Wildman–Crippen LogP) is 3.37. The highest BCUT2D eigenvalue weighted by molar-refractivity contribution is 5.88. The van der Waals surface area contributed by atoms with Gasteiger partial charge in [0, 0.05) is 24.7 Å². The number of carbonyl (C=O) groups is 1. The van der Waals surface area contributed by atoms with Crippen LogP contribution in [0.5, 0.6) is 5.75 Å². The predicted molar refractivity (Wildman–Crippen MR) is 98.3 cm³/mol. The number of esters is 1. The molecule has 2 N–H and O–H groups in total. The quantitative estimate of drug-likeness (QED) is 0.439. The third kappa shape index (κ3) is 5.55. The molecule has 2 aromatic rings. The summed E-state index contributed by atoms with van der Waals surface area (Å²) in [5.74, 6) is 0.00252. The van der Waals surface area contributed by atoms with Crippen LogP contribution in [0.1, 0.15) is 18.9 Å². The fourth-order valence-electron chi connectivity index (χ4n) is 2.38. The van der Waals surface area contributed by atoms with Gasteiger partial charge in [-0.2, -0.15) is 0 Å². The van der Waals surface area contributed by atoms with Gasteiger partial charge in [0.1, 0.15) is 5.75 Å². The molecule has 132 valence electrons. The van der Waals surface area contributed by atoms with E-state index in [1.54, 1.807) is 19.1 Å². The zero-order chi connectivity index (χ0) is 18.2. The summed E-state index contributed by atoms with van der Waals surface area (Å²) in [6.07, 6.45) is 1.58. The molecule has 0 atom stereocenters. The monoisotopic (exact) mass is 340 g/mol. The zero-order valence-electron chi connectivity index (χ0n) is 14.4. The van der Waals surface area contributed by atoms with Gasteiger partial charge in [-0.25, -0.2) is 4.79 Å². The first kappa shape index (κ1) is 18.9. The van der Waals surface area contributed by atoms with Crippen molar-refractivity contribution in [2.24, 2.45) is 5.92 Å². The van der Waals surface area contributed by atoms with Crippen molar-refractivity contribution in [3.63, 3.8) is 0 Å². The zero-order valence-corrected chi connectivity index (χ0v) is 14.4. The first-order chi connectivity index (χ1) is 12.0. The molecular formula is C21H24O4. The van der Waals surface area contributed by atoms with E-state index in [-0.39, 0.29) is 19.1 Å². The van der Waals surface area contributed by atoms with E-state index in [1.807, 2.05) is 24.3 Å². The summed E-state index contributed by atoms with van der Waals surface area (Å²) in [4.78, 5) is 11.5. The Bertz CT molecular complexity index is 698. The summed E-state index contributed by atoms with van der Waals surface area (Å²) in [6.45, 7) is 5.19. The molecule has 0 saturated carbocycles. The minimum atomic E-state index is -0.429. The molecule has 0 radical (unpaired) electrons. The fourth-order valence-corrected chi connectivity index (χ4v) is 2.38. The van der Waals surface area contributed by atoms with E-state index in [1.165, 1.54) is 5.56 Å². The maximum Gasteiger partial charge on any atom is 0.338 e. The Balaban J connectivity index is 1.99. The Kier molecular flexibility index (Phi) is 6.92. The Morgan fingerprint density at radius 3 is 2.00 bits per heavy atom. The molecule has 0 fully saturated rings. The molecule has 2 rings (SSSR count). The summed E-state index contributed by atoms with van der Waals surface area (Å²) in [5.41, 5.74) is 3.64. The number of hydrogen-bond donors (Lipinski definition) is 2. The molecule has 25 heavy (non-hydrogen) atoms. The SMILES string of the molecule is C=C(C)C(=O)Oc1ccc(-c2ccc(CCC(CO)CO)cc2)cc1. The van der Waals surface area contributed by atoms with Crippen molar-refractivity contribution >= 4 is 5.97 Å². The van der Waals surface area contributed by atoms with E-state index in [4.69, 9.17) is 14.9 Å². The second kappa shape index (κ2) is 9.16. The van der Waals surface area contributed by atoms with E-state index in [9.17, 15) is 4.79 Å². The van der Waals surface area contributed by atoms with Crippen LogP contribution in [0.25, 0.3) is 11.1 Å². The number of aliphatic hydroxyl groups excluding tert-OH is 2. The lowest BCUT2D eigenvalue weighted by Crippen LogP contribution is -2.11. The van der Waals surface area contributed by atoms with Gasteiger partial charge in [-0.05, 0) is 48.6 Å². The highest BCUT2D eigenvalue weighted by Crippen LogP contribution is 2.23. The molecule has 0 aliphatic rings. The molecule has 0 heterocycles. The molecule has 0 bridgehead atoms. The van der Waals surface area contributed by atoms with E-state index in [0.717, 1.165) is 24.0 Å². The van der Waals surface area contributed by atoms with Crippen LogP contribution in [-0.2, 0) is 11.2 Å². The van der Waals surface area contributed by atoms with Gasteiger partial charge in [-0.15, -0.1) is 0 Å². The van der Waals surface area contributed by atoms with Crippen molar-refractivity contribution < 1.29 is 19.7 Å². The Morgan fingerprint density at radius 1 is 1.00 bits per heavy atom. The van der Waals surface area contributed by atoms with Crippen LogP contribution in [0.3, 0.4) is 0 Å². The smallest absolute Gasteiger partial charge is 0.338 e. The third-order valence-corrected chi connectivity index (χ3v) is 4.06. The average molecular weight is 340 g/mol. The van der Waals surface area contributed by atoms with Crippen LogP contribution in [0.4, 0.5) is 0 Å². The van der Waals surface area contributed by atoms with Gasteiger partial charge in [0.25, 0.3) is 0 Å². The van der Waals surface area contributed by atoms with Gasteiger partial charge in [0.15, 0.2) is 0 Å². The van der Waals surface area contributed by atoms with Crippen molar-refractivity contribution in [1.82, 2.24) is 0 Å². The first-order valence-electron chi connectivity index (χ1n) is 8.32. The summed E-state index contributed by atoms with van der Waals surface area (Å²) in [5, 5.41) is 18.2. The van der Waals surface area contributed by atoms with Crippen LogP contribution in [0, 0.1) is 5.92 Å². The standard InChI is InChI=1S/C21H24O4/c1-15(2)21(24)25-20-11-9-19(10-12-20)18-7-5-16(6-8-18)3-4-17(13-22)14-23/h5-12,17,22-23H,1,3-4,13-14H2,2H3. The number of aryl methyl sites for hydroxylation is 1. The van der Waals surface area contributed by atoms with E-state index >= 15 is 0 Å². The Labute approximate surface area is 148 Å². The molecule has 0 saturated heterocycles. The molecule has 0 aliphatic carbocycles. The Hall–Kier alpha value is -2.43. The van der Waals surface area contributed by atoms with Crippen LogP contribution in [-0.4, -0.2) is 29.4 Å². The van der Waals surface area contributed by atoms with Gasteiger partial charge in [-0.1, -0.05) is 43.0 Å². The number of benzene rings is 2. The second-order valence-electron chi connectivity index (χ2n) is 6.16. The van der Waals surface area contributed by atoms with Crippen molar-refractivity contribution in [2.75, 3.05) is 13.2 Å². The van der Waals surface area contributed by atoms with E-state index in [0.29, 0.717) is 11.3 Å². The van der Waals surface area contributed by atoms with Crippen LogP contribution >= 0.6 is 0 Å². The molecule has 0 aromatic heterocycles. The van der Waals surface area contributed by atoms with Gasteiger partial charge in [0.05, 0.1) is 0 Å². The highest BCUT2D eigenvalue weighted by atomic mass is 16.5. The highest BCUT2D eigenvalue weighted by Gasteiger charge is 2.07. The Morgan fingerprint density at radius 2 is 1.52 bits per heavy atom. The minimum Gasteiger partial charge on any atom is -0.423 e. The number of hydrogen-bond acceptors (Lipinski definition) is 4. The number of aliphatic hydroxyl groups is 2. The maximum atomic E-state index is 11.5. The summed E-state index contributed by atoms with van der Waals surface area (Å²) in [6, 6.07) is 15.5. The maximum absolute atomic E-state index is 11.5. The normalized spacial score (nSPS) is 10.7. The lowest BCUT2D eigenvalue weighted by atomic mass is 9.98. The van der Waals surface area contributed by atoms with Gasteiger partial charge in [0.2, 0.25) is 0 Å². The molecule has 4 heteroatoms. The molecule has 0 amide bonds. The first-order valence-corrected chi connectivity index (χ1v) is 8.32. The van der Waals surface area contributed by atoms with E-state index in [2.05, 4.69) is 18.7 Å². The van der Waals surface area contributed by atoms with Gasteiger partial charge < -0.3 is 14.9 Å². The summed E-state index contributed by atoms with van der Waals surface area (Å²) in [7, 11) is 0. The van der Waals surface area contributed by atoms with E-state index < -0.39 is 5.97 Å². The van der Waals surface area contributed by atoms with Crippen molar-refractivity contribution in [3.8, 4) is 16.9 Å². The molecule has 2 aromatic carbocycles. The minimum absolute atomic E-state index is 0.0108. The van der Waals surface area contributed by atoms with Crippen LogP contribution < -0.4 is 4.74 Å². The van der Waals surface area contributed by atoms with Gasteiger partial charge in [-0.3, -0.25) is 0 Å². The van der Waals surface area contributed by atoms with Crippen molar-refractivity contribution in [3.05, 3.63) is 66.2 Å². The summed E-state index contributed by atoms with van der Waals surface area (Å²) >= 11 is 0.